The molecule has 19 heavy (non-hydrogen) atoms. The van der Waals surface area contributed by atoms with Crippen LogP contribution in [0, 0.1) is 0 Å². The Kier molecular flexibility index (Phi) is 3.31. The Morgan fingerprint density at radius 2 is 2.05 bits per heavy atom. The molecule has 1 aliphatic carbocycles. The van der Waals surface area contributed by atoms with Crippen molar-refractivity contribution in [3.63, 3.8) is 0 Å². The van der Waals surface area contributed by atoms with E-state index in [9.17, 15) is 4.79 Å². The van der Waals surface area contributed by atoms with Crippen molar-refractivity contribution < 1.29 is 4.79 Å². The minimum atomic E-state index is -0.203. The third-order valence-corrected chi connectivity index (χ3v) is 4.36. The van der Waals surface area contributed by atoms with Crippen LogP contribution in [0.2, 0.25) is 0 Å². The maximum absolute atomic E-state index is 12.9. The van der Waals surface area contributed by atoms with Crippen LogP contribution in [0.3, 0.4) is 0 Å². The zero-order valence-electron chi connectivity index (χ0n) is 11.6. The number of carbonyl (C=O) groups is 1. The molecule has 3 nitrogen and oxygen atoms in total. The lowest BCUT2D eigenvalue weighted by Gasteiger charge is -2.27. The lowest BCUT2D eigenvalue weighted by molar-refractivity contribution is -0.134. The van der Waals surface area contributed by atoms with Crippen molar-refractivity contribution in [2.45, 2.75) is 37.6 Å². The lowest BCUT2D eigenvalue weighted by Crippen LogP contribution is -2.43. The molecular formula is C16H22N2O. The molecule has 1 saturated heterocycles. The third-order valence-electron chi connectivity index (χ3n) is 4.36. The molecule has 1 unspecified atom stereocenters. The van der Waals surface area contributed by atoms with Crippen LogP contribution in [-0.4, -0.2) is 36.5 Å². The van der Waals surface area contributed by atoms with Crippen LogP contribution in [0.1, 0.15) is 31.7 Å². The Morgan fingerprint density at radius 3 is 2.74 bits per heavy atom. The Hall–Kier alpha value is -1.35. The topological polar surface area (TPSA) is 32.3 Å². The van der Waals surface area contributed by atoms with Gasteiger partial charge >= 0.3 is 0 Å². The molecule has 0 bridgehead atoms. The average molecular weight is 258 g/mol. The molecule has 3 rings (SSSR count). The zero-order chi connectivity index (χ0) is 13.3. The fourth-order valence-electron chi connectivity index (χ4n) is 3.10. The summed E-state index contributed by atoms with van der Waals surface area (Å²) in [5, 5.41) is 3.45. The van der Waals surface area contributed by atoms with E-state index in [0.29, 0.717) is 11.9 Å². The van der Waals surface area contributed by atoms with Gasteiger partial charge < -0.3 is 10.2 Å². The summed E-state index contributed by atoms with van der Waals surface area (Å²) in [4.78, 5) is 15.0. The molecule has 1 saturated carbocycles. The van der Waals surface area contributed by atoms with Crippen molar-refractivity contribution in [3.8, 4) is 0 Å². The largest absolute Gasteiger partial charge is 0.340 e. The van der Waals surface area contributed by atoms with E-state index in [1.165, 1.54) is 5.56 Å². The van der Waals surface area contributed by atoms with Gasteiger partial charge in [-0.2, -0.15) is 0 Å². The summed E-state index contributed by atoms with van der Waals surface area (Å²) in [6.45, 7) is 4.91. The summed E-state index contributed by atoms with van der Waals surface area (Å²) in [5.74, 6) is 0.342. The van der Waals surface area contributed by atoms with Gasteiger partial charge in [-0.3, -0.25) is 4.79 Å². The van der Waals surface area contributed by atoms with Gasteiger partial charge in [0.25, 0.3) is 0 Å². The first-order chi connectivity index (χ1) is 9.22. The third kappa shape index (κ3) is 2.39. The Labute approximate surface area is 115 Å². The summed E-state index contributed by atoms with van der Waals surface area (Å²) < 4.78 is 0. The second kappa shape index (κ2) is 4.97. The maximum atomic E-state index is 12.9. The number of amides is 1. The summed E-state index contributed by atoms with van der Waals surface area (Å²) in [6.07, 6.45) is 3.07. The fourth-order valence-corrected chi connectivity index (χ4v) is 3.10. The molecule has 1 N–H and O–H groups in total. The second-order valence-electron chi connectivity index (χ2n) is 5.91. The standard InChI is InChI=1S/C16H22N2O/c1-13-12-18(11-5-10-17-13)15(19)16(8-9-16)14-6-3-2-4-7-14/h2-4,6-7,13,17H,5,8-12H2,1H3. The van der Waals surface area contributed by atoms with E-state index < -0.39 is 0 Å². The van der Waals surface area contributed by atoms with Crippen LogP contribution < -0.4 is 5.32 Å². The number of hydrogen-bond donors (Lipinski definition) is 1. The van der Waals surface area contributed by atoms with Crippen molar-refractivity contribution in [3.05, 3.63) is 35.9 Å². The van der Waals surface area contributed by atoms with Gasteiger partial charge in [0.2, 0.25) is 5.91 Å². The van der Waals surface area contributed by atoms with Crippen molar-refractivity contribution in [1.82, 2.24) is 10.2 Å². The molecule has 1 aromatic carbocycles. The van der Waals surface area contributed by atoms with Crippen LogP contribution in [0.25, 0.3) is 0 Å². The molecule has 1 aliphatic heterocycles. The van der Waals surface area contributed by atoms with Gasteiger partial charge in [-0.05, 0) is 38.3 Å². The first-order valence-corrected chi connectivity index (χ1v) is 7.31. The normalized spacial score (nSPS) is 25.7. The summed E-state index contributed by atoms with van der Waals surface area (Å²) in [7, 11) is 0. The fraction of sp³-hybridized carbons (Fsp3) is 0.562. The summed E-state index contributed by atoms with van der Waals surface area (Å²) in [5.41, 5.74) is 0.996. The smallest absolute Gasteiger partial charge is 0.233 e. The van der Waals surface area contributed by atoms with Gasteiger partial charge in [0, 0.05) is 19.1 Å². The van der Waals surface area contributed by atoms with Crippen molar-refractivity contribution in [1.29, 1.82) is 0 Å². The SMILES string of the molecule is CC1CN(C(=O)C2(c3ccccc3)CC2)CCCN1. The predicted molar refractivity (Wildman–Crippen MR) is 76.0 cm³/mol. The first kappa shape index (κ1) is 12.7. The Balaban J connectivity index is 1.80. The van der Waals surface area contributed by atoms with Crippen LogP contribution in [0.5, 0.6) is 0 Å². The quantitative estimate of drug-likeness (QED) is 0.879. The number of rotatable bonds is 2. The Bertz CT molecular complexity index is 453. The number of nitrogens with one attached hydrogen (secondary N) is 1. The summed E-state index contributed by atoms with van der Waals surface area (Å²) >= 11 is 0. The molecule has 102 valence electrons. The second-order valence-corrected chi connectivity index (χ2v) is 5.91. The highest BCUT2D eigenvalue weighted by atomic mass is 16.2. The van der Waals surface area contributed by atoms with Gasteiger partial charge in [0.1, 0.15) is 0 Å². The van der Waals surface area contributed by atoms with Gasteiger partial charge in [0.15, 0.2) is 0 Å². The van der Waals surface area contributed by atoms with E-state index in [0.717, 1.165) is 38.9 Å². The molecule has 1 heterocycles. The molecule has 0 radical (unpaired) electrons. The molecule has 1 amide bonds. The zero-order valence-corrected chi connectivity index (χ0v) is 11.6. The molecule has 2 aliphatic rings. The van der Waals surface area contributed by atoms with E-state index in [-0.39, 0.29) is 5.41 Å². The van der Waals surface area contributed by atoms with Crippen LogP contribution in [-0.2, 0) is 10.2 Å². The van der Waals surface area contributed by atoms with Crippen molar-refractivity contribution in [2.75, 3.05) is 19.6 Å². The molecule has 1 aromatic rings. The molecule has 0 spiro atoms. The van der Waals surface area contributed by atoms with Gasteiger partial charge in [-0.25, -0.2) is 0 Å². The van der Waals surface area contributed by atoms with E-state index in [2.05, 4.69) is 29.3 Å². The maximum Gasteiger partial charge on any atom is 0.233 e. The van der Waals surface area contributed by atoms with E-state index in [1.54, 1.807) is 0 Å². The molecule has 0 aromatic heterocycles. The highest BCUT2D eigenvalue weighted by molar-refractivity contribution is 5.91. The minimum absolute atomic E-state index is 0.203. The lowest BCUT2D eigenvalue weighted by atomic mass is 9.94. The molecular weight excluding hydrogens is 236 g/mol. The van der Waals surface area contributed by atoms with Crippen LogP contribution in [0.15, 0.2) is 30.3 Å². The van der Waals surface area contributed by atoms with Crippen LogP contribution >= 0.6 is 0 Å². The first-order valence-electron chi connectivity index (χ1n) is 7.31. The van der Waals surface area contributed by atoms with Crippen LogP contribution in [0.4, 0.5) is 0 Å². The number of hydrogen-bond acceptors (Lipinski definition) is 2. The van der Waals surface area contributed by atoms with Crippen molar-refractivity contribution in [2.24, 2.45) is 0 Å². The Morgan fingerprint density at radius 1 is 1.32 bits per heavy atom. The van der Waals surface area contributed by atoms with Gasteiger partial charge in [-0.1, -0.05) is 30.3 Å². The molecule has 3 heteroatoms. The highest BCUT2D eigenvalue weighted by Crippen LogP contribution is 2.49. The summed E-state index contributed by atoms with van der Waals surface area (Å²) in [6, 6.07) is 10.7. The molecule has 2 fully saturated rings. The minimum Gasteiger partial charge on any atom is -0.340 e. The van der Waals surface area contributed by atoms with Gasteiger partial charge in [0.05, 0.1) is 5.41 Å². The number of carbonyl (C=O) groups excluding carboxylic acids is 1. The highest BCUT2D eigenvalue weighted by Gasteiger charge is 2.52. The molecule has 1 atom stereocenters. The van der Waals surface area contributed by atoms with Crippen molar-refractivity contribution >= 4 is 5.91 Å². The van der Waals surface area contributed by atoms with E-state index in [1.807, 2.05) is 18.2 Å². The number of benzene rings is 1. The van der Waals surface area contributed by atoms with E-state index >= 15 is 0 Å². The predicted octanol–water partition coefficient (Wildman–Crippen LogP) is 1.93. The average Bonchev–Trinajstić information content (AvgIpc) is 3.24. The van der Waals surface area contributed by atoms with Gasteiger partial charge in [-0.15, -0.1) is 0 Å². The monoisotopic (exact) mass is 258 g/mol. The number of nitrogens with zero attached hydrogens (tertiary/aromatic N) is 1. The van der Waals surface area contributed by atoms with E-state index in [4.69, 9.17) is 0 Å².